The third kappa shape index (κ3) is 4.29. The molecule has 0 radical (unpaired) electrons. The number of carbonyl (C=O) groups excluding carboxylic acids is 1. The van der Waals surface area contributed by atoms with Gasteiger partial charge in [0.1, 0.15) is 6.29 Å². The Morgan fingerprint density at radius 1 is 1.19 bits per heavy atom. The third-order valence-corrected chi connectivity index (χ3v) is 2.75. The standard InChI is InChI=1S/C13H22O3/c1-6-7-8-12(15-4)11(3)13(16-5)10(2)9-14/h6-13H,1H2,2-5H3/t10-,11-,12-,13-/m0/s1. The zero-order valence-corrected chi connectivity index (χ0v) is 10.6. The molecule has 0 bridgehead atoms. The van der Waals surface area contributed by atoms with Crippen LogP contribution in [0.5, 0.6) is 0 Å². The molecule has 0 aromatic heterocycles. The lowest BCUT2D eigenvalue weighted by atomic mass is 9.89. The lowest BCUT2D eigenvalue weighted by molar-refractivity contribution is -0.117. The Morgan fingerprint density at radius 3 is 2.19 bits per heavy atom. The summed E-state index contributed by atoms with van der Waals surface area (Å²) in [7, 11) is 3.26. The SMILES string of the molecule is C=CC=C[C@H](OC)[C@H](C)[C@@H](OC)[C@@H](C)C=O. The van der Waals surface area contributed by atoms with Gasteiger partial charge in [-0.05, 0) is 0 Å². The van der Waals surface area contributed by atoms with Crippen LogP contribution in [0.25, 0.3) is 0 Å². The Labute approximate surface area is 98.1 Å². The Kier molecular flexibility index (Phi) is 7.77. The average Bonchev–Trinajstić information content (AvgIpc) is 2.30. The Balaban J connectivity index is 4.67. The summed E-state index contributed by atoms with van der Waals surface area (Å²) in [5.41, 5.74) is 0. The molecule has 0 amide bonds. The molecule has 4 atom stereocenters. The highest BCUT2D eigenvalue weighted by atomic mass is 16.5. The molecule has 0 rings (SSSR count). The van der Waals surface area contributed by atoms with Crippen molar-refractivity contribution in [3.8, 4) is 0 Å². The lowest BCUT2D eigenvalue weighted by Gasteiger charge is -2.29. The number of allylic oxidation sites excluding steroid dienone is 2. The van der Waals surface area contributed by atoms with E-state index in [-0.39, 0.29) is 24.0 Å². The summed E-state index contributed by atoms with van der Waals surface area (Å²) in [6.07, 6.45) is 6.14. The fraction of sp³-hybridized carbons (Fsp3) is 0.615. The summed E-state index contributed by atoms with van der Waals surface area (Å²) >= 11 is 0. The van der Waals surface area contributed by atoms with E-state index in [1.54, 1.807) is 20.3 Å². The molecule has 0 fully saturated rings. The van der Waals surface area contributed by atoms with Crippen molar-refractivity contribution in [1.29, 1.82) is 0 Å². The minimum absolute atomic E-state index is 0.0784. The second kappa shape index (κ2) is 8.25. The summed E-state index contributed by atoms with van der Waals surface area (Å²) < 4.78 is 10.7. The topological polar surface area (TPSA) is 35.5 Å². The van der Waals surface area contributed by atoms with Gasteiger partial charge in [0, 0.05) is 26.1 Å². The number of hydrogen-bond donors (Lipinski definition) is 0. The molecule has 92 valence electrons. The Morgan fingerprint density at radius 2 is 1.81 bits per heavy atom. The molecule has 0 saturated carbocycles. The van der Waals surface area contributed by atoms with E-state index in [0.717, 1.165) is 6.29 Å². The summed E-state index contributed by atoms with van der Waals surface area (Å²) in [4.78, 5) is 10.8. The van der Waals surface area contributed by atoms with Gasteiger partial charge in [-0.15, -0.1) is 0 Å². The number of carbonyl (C=O) groups is 1. The van der Waals surface area contributed by atoms with Crippen molar-refractivity contribution in [2.75, 3.05) is 14.2 Å². The predicted octanol–water partition coefficient (Wildman–Crippen LogP) is 2.23. The van der Waals surface area contributed by atoms with E-state index in [0.29, 0.717) is 0 Å². The maximum atomic E-state index is 10.8. The van der Waals surface area contributed by atoms with Gasteiger partial charge in [-0.1, -0.05) is 38.7 Å². The number of ether oxygens (including phenoxy) is 2. The minimum atomic E-state index is -0.144. The summed E-state index contributed by atoms with van der Waals surface area (Å²) in [6, 6.07) is 0. The third-order valence-electron chi connectivity index (χ3n) is 2.75. The number of rotatable bonds is 8. The van der Waals surface area contributed by atoms with Gasteiger partial charge in [0.2, 0.25) is 0 Å². The molecule has 3 heteroatoms. The zero-order chi connectivity index (χ0) is 12.6. The highest BCUT2D eigenvalue weighted by Crippen LogP contribution is 2.21. The van der Waals surface area contributed by atoms with Crippen molar-refractivity contribution in [3.63, 3.8) is 0 Å². The quantitative estimate of drug-likeness (QED) is 0.470. The average molecular weight is 226 g/mol. The van der Waals surface area contributed by atoms with Gasteiger partial charge >= 0.3 is 0 Å². The first-order valence-corrected chi connectivity index (χ1v) is 5.42. The first-order chi connectivity index (χ1) is 7.62. The van der Waals surface area contributed by atoms with Crippen LogP contribution in [0.3, 0.4) is 0 Å². The first kappa shape index (κ1) is 15.1. The molecular weight excluding hydrogens is 204 g/mol. The molecule has 0 saturated heterocycles. The van der Waals surface area contributed by atoms with E-state index in [2.05, 4.69) is 6.58 Å². The van der Waals surface area contributed by atoms with Crippen LogP contribution in [0, 0.1) is 11.8 Å². The molecule has 0 aliphatic rings. The van der Waals surface area contributed by atoms with E-state index >= 15 is 0 Å². The first-order valence-electron chi connectivity index (χ1n) is 5.42. The van der Waals surface area contributed by atoms with Gasteiger partial charge in [0.05, 0.1) is 12.2 Å². The van der Waals surface area contributed by atoms with Crippen molar-refractivity contribution in [1.82, 2.24) is 0 Å². The van der Waals surface area contributed by atoms with Crippen molar-refractivity contribution < 1.29 is 14.3 Å². The monoisotopic (exact) mass is 226 g/mol. The second-order valence-corrected chi connectivity index (χ2v) is 3.88. The van der Waals surface area contributed by atoms with Gasteiger partial charge in [0.25, 0.3) is 0 Å². The van der Waals surface area contributed by atoms with E-state index in [1.165, 1.54) is 0 Å². The molecule has 0 N–H and O–H groups in total. The maximum absolute atomic E-state index is 10.8. The Bertz CT molecular complexity index is 235. The number of methoxy groups -OCH3 is 2. The molecule has 0 unspecified atom stereocenters. The van der Waals surface area contributed by atoms with Gasteiger partial charge < -0.3 is 14.3 Å². The molecule has 0 aromatic rings. The van der Waals surface area contributed by atoms with Crippen LogP contribution in [-0.4, -0.2) is 32.7 Å². The zero-order valence-electron chi connectivity index (χ0n) is 10.6. The van der Waals surface area contributed by atoms with Gasteiger partial charge in [-0.2, -0.15) is 0 Å². The molecule has 0 aliphatic carbocycles. The van der Waals surface area contributed by atoms with E-state index in [1.807, 2.05) is 26.0 Å². The molecule has 0 aromatic carbocycles. The normalized spacial score (nSPS) is 19.0. The van der Waals surface area contributed by atoms with E-state index < -0.39 is 0 Å². The van der Waals surface area contributed by atoms with Crippen LogP contribution >= 0.6 is 0 Å². The minimum Gasteiger partial charge on any atom is -0.380 e. The van der Waals surface area contributed by atoms with Gasteiger partial charge in [-0.25, -0.2) is 0 Å². The second-order valence-electron chi connectivity index (χ2n) is 3.88. The smallest absolute Gasteiger partial charge is 0.125 e. The van der Waals surface area contributed by atoms with Crippen LogP contribution in [-0.2, 0) is 14.3 Å². The van der Waals surface area contributed by atoms with Crippen molar-refractivity contribution in [2.24, 2.45) is 11.8 Å². The van der Waals surface area contributed by atoms with Crippen LogP contribution in [0.1, 0.15) is 13.8 Å². The van der Waals surface area contributed by atoms with Crippen molar-refractivity contribution in [2.45, 2.75) is 26.1 Å². The van der Waals surface area contributed by atoms with Crippen LogP contribution in [0.15, 0.2) is 24.8 Å². The summed E-state index contributed by atoms with van der Waals surface area (Å²) in [6.45, 7) is 7.47. The van der Waals surface area contributed by atoms with Crippen molar-refractivity contribution >= 4 is 6.29 Å². The summed E-state index contributed by atoms with van der Waals surface area (Å²) in [5, 5.41) is 0. The van der Waals surface area contributed by atoms with Gasteiger partial charge in [-0.3, -0.25) is 0 Å². The lowest BCUT2D eigenvalue weighted by Crippen LogP contribution is -2.36. The van der Waals surface area contributed by atoms with Gasteiger partial charge in [0.15, 0.2) is 0 Å². The highest BCUT2D eigenvalue weighted by Gasteiger charge is 2.28. The molecular formula is C13H22O3. The van der Waals surface area contributed by atoms with Crippen molar-refractivity contribution in [3.05, 3.63) is 24.8 Å². The largest absolute Gasteiger partial charge is 0.380 e. The van der Waals surface area contributed by atoms with Crippen LogP contribution in [0.4, 0.5) is 0 Å². The molecule has 0 spiro atoms. The fourth-order valence-corrected chi connectivity index (χ4v) is 1.83. The summed E-state index contributed by atoms with van der Waals surface area (Å²) in [5.74, 6) is -0.0406. The maximum Gasteiger partial charge on any atom is 0.125 e. The predicted molar refractivity (Wildman–Crippen MR) is 65.3 cm³/mol. The number of hydrogen-bond acceptors (Lipinski definition) is 3. The molecule has 16 heavy (non-hydrogen) atoms. The fourth-order valence-electron chi connectivity index (χ4n) is 1.83. The number of aldehydes is 1. The van der Waals surface area contributed by atoms with Crippen LogP contribution < -0.4 is 0 Å². The van der Waals surface area contributed by atoms with E-state index in [9.17, 15) is 4.79 Å². The van der Waals surface area contributed by atoms with Crippen LogP contribution in [0.2, 0.25) is 0 Å². The Hall–Kier alpha value is -0.930. The highest BCUT2D eigenvalue weighted by molar-refractivity contribution is 5.53. The molecule has 0 heterocycles. The molecule has 3 nitrogen and oxygen atoms in total. The van der Waals surface area contributed by atoms with E-state index in [4.69, 9.17) is 9.47 Å². The molecule has 0 aliphatic heterocycles.